The summed E-state index contributed by atoms with van der Waals surface area (Å²) < 4.78 is 9.79. The Balaban J connectivity index is 2.60. The van der Waals surface area contributed by atoms with Crippen molar-refractivity contribution in [2.75, 3.05) is 7.11 Å². The first-order chi connectivity index (χ1) is 7.93. The zero-order chi connectivity index (χ0) is 13.0. The van der Waals surface area contributed by atoms with Crippen LogP contribution in [0.3, 0.4) is 0 Å². The highest BCUT2D eigenvalue weighted by atomic mass is 16.5. The molecule has 1 aromatic heterocycles. The zero-order valence-electron chi connectivity index (χ0n) is 10.5. The van der Waals surface area contributed by atoms with Crippen molar-refractivity contribution in [2.24, 2.45) is 0 Å². The van der Waals surface area contributed by atoms with Crippen LogP contribution in [0.5, 0.6) is 0 Å². The molecule has 1 amide bonds. The topological polar surface area (TPSA) is 68.5 Å². The van der Waals surface area contributed by atoms with Crippen LogP contribution in [0.4, 0.5) is 0 Å². The molecule has 0 bridgehead atoms. The number of rotatable bonds is 4. The molecule has 1 N–H and O–H groups in total. The summed E-state index contributed by atoms with van der Waals surface area (Å²) in [7, 11) is 1.32. The van der Waals surface area contributed by atoms with Crippen LogP contribution in [-0.4, -0.2) is 25.0 Å². The Morgan fingerprint density at radius 2 is 2.12 bits per heavy atom. The molecule has 0 saturated heterocycles. The second-order valence-electron chi connectivity index (χ2n) is 3.98. The fraction of sp³-hybridized carbons (Fsp3) is 0.500. The van der Waals surface area contributed by atoms with Gasteiger partial charge in [0.05, 0.1) is 19.1 Å². The van der Waals surface area contributed by atoms with Crippen molar-refractivity contribution in [3.63, 3.8) is 0 Å². The first-order valence-corrected chi connectivity index (χ1v) is 5.38. The van der Waals surface area contributed by atoms with E-state index < -0.39 is 0 Å². The third-order valence-electron chi connectivity index (χ3n) is 2.36. The monoisotopic (exact) mass is 239 g/mol. The van der Waals surface area contributed by atoms with E-state index in [1.807, 2.05) is 0 Å². The van der Waals surface area contributed by atoms with Gasteiger partial charge in [0.1, 0.15) is 11.5 Å². The van der Waals surface area contributed by atoms with Crippen molar-refractivity contribution in [1.29, 1.82) is 0 Å². The molecule has 1 aromatic rings. The van der Waals surface area contributed by atoms with E-state index in [0.717, 1.165) is 0 Å². The summed E-state index contributed by atoms with van der Waals surface area (Å²) in [6.45, 7) is 5.26. The number of aryl methyl sites for hydroxylation is 2. The van der Waals surface area contributed by atoms with Gasteiger partial charge in [-0.3, -0.25) is 9.59 Å². The number of carbonyl (C=O) groups excluding carboxylic acids is 2. The SMILES string of the molecule is COC(=O)CC(C)NC(=O)c1cc(C)oc1C. The van der Waals surface area contributed by atoms with Crippen LogP contribution in [0.25, 0.3) is 0 Å². The highest BCUT2D eigenvalue weighted by molar-refractivity contribution is 5.95. The van der Waals surface area contributed by atoms with Crippen LogP contribution in [-0.2, 0) is 9.53 Å². The molecule has 5 nitrogen and oxygen atoms in total. The summed E-state index contributed by atoms with van der Waals surface area (Å²) in [6.07, 6.45) is 0.151. The zero-order valence-corrected chi connectivity index (χ0v) is 10.5. The van der Waals surface area contributed by atoms with Gasteiger partial charge in [0.2, 0.25) is 0 Å². The molecule has 17 heavy (non-hydrogen) atoms. The largest absolute Gasteiger partial charge is 0.469 e. The highest BCUT2D eigenvalue weighted by Crippen LogP contribution is 2.13. The van der Waals surface area contributed by atoms with Crippen LogP contribution in [0, 0.1) is 13.8 Å². The maximum Gasteiger partial charge on any atom is 0.307 e. The van der Waals surface area contributed by atoms with Gasteiger partial charge in [-0.25, -0.2) is 0 Å². The van der Waals surface area contributed by atoms with Gasteiger partial charge in [0.15, 0.2) is 0 Å². The number of nitrogens with one attached hydrogen (secondary N) is 1. The predicted octanol–water partition coefficient (Wildman–Crippen LogP) is 1.58. The molecule has 0 aromatic carbocycles. The summed E-state index contributed by atoms with van der Waals surface area (Å²) in [5, 5.41) is 2.72. The molecule has 0 aliphatic rings. The van der Waals surface area contributed by atoms with Gasteiger partial charge in [0, 0.05) is 6.04 Å². The molecule has 94 valence electrons. The van der Waals surface area contributed by atoms with Crippen molar-refractivity contribution in [3.05, 3.63) is 23.2 Å². The van der Waals surface area contributed by atoms with E-state index in [1.54, 1.807) is 26.8 Å². The van der Waals surface area contributed by atoms with E-state index >= 15 is 0 Å². The lowest BCUT2D eigenvalue weighted by Gasteiger charge is -2.11. The molecule has 1 heterocycles. The number of furan rings is 1. The Morgan fingerprint density at radius 3 is 2.59 bits per heavy atom. The maximum absolute atomic E-state index is 11.8. The van der Waals surface area contributed by atoms with E-state index in [4.69, 9.17) is 4.42 Å². The number of ether oxygens (including phenoxy) is 1. The van der Waals surface area contributed by atoms with Gasteiger partial charge in [-0.2, -0.15) is 0 Å². The van der Waals surface area contributed by atoms with Crippen molar-refractivity contribution in [1.82, 2.24) is 5.32 Å². The molecule has 1 rings (SSSR count). The minimum absolute atomic E-state index is 0.151. The molecule has 1 atom stereocenters. The maximum atomic E-state index is 11.8. The fourth-order valence-corrected chi connectivity index (χ4v) is 1.54. The third kappa shape index (κ3) is 3.62. The molecular weight excluding hydrogens is 222 g/mol. The Kier molecular flexibility index (Phi) is 4.31. The van der Waals surface area contributed by atoms with Gasteiger partial charge in [-0.15, -0.1) is 0 Å². The van der Waals surface area contributed by atoms with E-state index in [0.29, 0.717) is 17.1 Å². The van der Waals surface area contributed by atoms with E-state index in [2.05, 4.69) is 10.1 Å². The van der Waals surface area contributed by atoms with Crippen molar-refractivity contribution >= 4 is 11.9 Å². The molecule has 0 aliphatic heterocycles. The molecule has 5 heteroatoms. The normalized spacial score (nSPS) is 12.0. The van der Waals surface area contributed by atoms with Crippen LogP contribution >= 0.6 is 0 Å². The molecule has 0 fully saturated rings. The number of methoxy groups -OCH3 is 1. The smallest absolute Gasteiger partial charge is 0.307 e. The minimum Gasteiger partial charge on any atom is -0.469 e. The van der Waals surface area contributed by atoms with Gasteiger partial charge in [0.25, 0.3) is 5.91 Å². The molecule has 0 saturated carbocycles. The fourth-order valence-electron chi connectivity index (χ4n) is 1.54. The standard InChI is InChI=1S/C12H17NO4/c1-7(5-11(14)16-4)13-12(15)10-6-8(2)17-9(10)3/h6-7H,5H2,1-4H3,(H,13,15). The number of hydrogen-bond acceptors (Lipinski definition) is 4. The van der Waals surface area contributed by atoms with Crippen LogP contribution in [0.2, 0.25) is 0 Å². The van der Waals surface area contributed by atoms with Crippen LogP contribution in [0.15, 0.2) is 10.5 Å². The average Bonchev–Trinajstić information content (AvgIpc) is 2.57. The Morgan fingerprint density at radius 1 is 1.47 bits per heavy atom. The Labute approximate surface area is 100 Å². The van der Waals surface area contributed by atoms with Crippen LogP contribution in [0.1, 0.15) is 35.2 Å². The number of carbonyl (C=O) groups is 2. The van der Waals surface area contributed by atoms with Crippen molar-refractivity contribution < 1.29 is 18.7 Å². The molecular formula is C12H17NO4. The van der Waals surface area contributed by atoms with Crippen molar-refractivity contribution in [2.45, 2.75) is 33.2 Å². The number of hydrogen-bond donors (Lipinski definition) is 1. The highest BCUT2D eigenvalue weighted by Gasteiger charge is 2.17. The Hall–Kier alpha value is -1.78. The molecule has 0 aliphatic carbocycles. The van der Waals surface area contributed by atoms with Crippen molar-refractivity contribution in [3.8, 4) is 0 Å². The minimum atomic E-state index is -0.349. The molecule has 0 spiro atoms. The van der Waals surface area contributed by atoms with E-state index in [9.17, 15) is 9.59 Å². The van der Waals surface area contributed by atoms with Gasteiger partial charge in [-0.1, -0.05) is 0 Å². The summed E-state index contributed by atoms with van der Waals surface area (Å²) in [6, 6.07) is 1.40. The molecule has 0 radical (unpaired) electrons. The lowest BCUT2D eigenvalue weighted by molar-refractivity contribution is -0.141. The van der Waals surface area contributed by atoms with Gasteiger partial charge < -0.3 is 14.5 Å². The quantitative estimate of drug-likeness (QED) is 0.810. The number of esters is 1. The summed E-state index contributed by atoms with van der Waals surface area (Å²) in [5.74, 6) is 0.673. The van der Waals surface area contributed by atoms with E-state index in [-0.39, 0.29) is 24.3 Å². The lowest BCUT2D eigenvalue weighted by Crippen LogP contribution is -2.34. The average molecular weight is 239 g/mol. The van der Waals surface area contributed by atoms with Gasteiger partial charge >= 0.3 is 5.97 Å². The first kappa shape index (κ1) is 13.3. The Bertz CT molecular complexity index is 422. The summed E-state index contributed by atoms with van der Waals surface area (Å²) >= 11 is 0. The van der Waals surface area contributed by atoms with E-state index in [1.165, 1.54) is 7.11 Å². The summed E-state index contributed by atoms with van der Waals surface area (Å²) in [4.78, 5) is 22.9. The predicted molar refractivity (Wildman–Crippen MR) is 61.7 cm³/mol. The third-order valence-corrected chi connectivity index (χ3v) is 2.36. The van der Waals surface area contributed by atoms with Gasteiger partial charge in [-0.05, 0) is 26.8 Å². The first-order valence-electron chi connectivity index (χ1n) is 5.38. The second kappa shape index (κ2) is 5.52. The van der Waals surface area contributed by atoms with Crippen LogP contribution < -0.4 is 5.32 Å². The second-order valence-corrected chi connectivity index (χ2v) is 3.98. The number of amides is 1. The molecule has 1 unspecified atom stereocenters. The summed E-state index contributed by atoms with van der Waals surface area (Å²) in [5.41, 5.74) is 0.499. The lowest BCUT2D eigenvalue weighted by atomic mass is 10.2.